The van der Waals surface area contributed by atoms with Gasteiger partial charge in [-0.15, -0.1) is 0 Å². The van der Waals surface area contributed by atoms with Crippen molar-refractivity contribution in [2.45, 2.75) is 39.5 Å². The minimum Gasteiger partial charge on any atom is -0.379 e. The minimum atomic E-state index is -0.311. The van der Waals surface area contributed by atoms with Gasteiger partial charge in [0.05, 0.1) is 4.92 Å². The molecule has 1 fully saturated rings. The van der Waals surface area contributed by atoms with Crippen LogP contribution in [0.2, 0.25) is 0 Å². The van der Waals surface area contributed by atoms with E-state index in [0.717, 1.165) is 12.1 Å². The van der Waals surface area contributed by atoms with Crippen molar-refractivity contribution >= 4 is 11.4 Å². The van der Waals surface area contributed by atoms with Crippen molar-refractivity contribution in [1.82, 2.24) is 0 Å². The van der Waals surface area contributed by atoms with Crippen molar-refractivity contribution in [1.29, 1.82) is 0 Å². The summed E-state index contributed by atoms with van der Waals surface area (Å²) < 4.78 is 0. The third-order valence-electron chi connectivity index (χ3n) is 3.74. The lowest BCUT2D eigenvalue weighted by Crippen LogP contribution is -2.15. The van der Waals surface area contributed by atoms with E-state index < -0.39 is 0 Å². The average molecular weight is 248 g/mol. The number of hydrogen-bond donors (Lipinski definition) is 1. The van der Waals surface area contributed by atoms with Crippen molar-refractivity contribution in [2.24, 2.45) is 5.41 Å². The second kappa shape index (κ2) is 4.96. The van der Waals surface area contributed by atoms with E-state index in [1.54, 1.807) is 6.07 Å². The second-order valence-corrected chi connectivity index (χ2v) is 5.38. The molecule has 2 rings (SSSR count). The molecule has 18 heavy (non-hydrogen) atoms. The Bertz CT molecular complexity index is 453. The van der Waals surface area contributed by atoms with Gasteiger partial charge in [0, 0.05) is 12.6 Å². The zero-order valence-corrected chi connectivity index (χ0v) is 11.0. The van der Waals surface area contributed by atoms with Gasteiger partial charge in [0.2, 0.25) is 0 Å². The summed E-state index contributed by atoms with van der Waals surface area (Å²) in [6.45, 7) is 4.91. The van der Waals surface area contributed by atoms with Gasteiger partial charge in [-0.3, -0.25) is 10.1 Å². The molecule has 1 aliphatic rings. The van der Waals surface area contributed by atoms with Crippen LogP contribution in [-0.4, -0.2) is 11.5 Å². The molecule has 4 heteroatoms. The molecule has 0 aromatic heterocycles. The number of nitrogens with one attached hydrogen (secondary N) is 1. The molecule has 0 atom stereocenters. The summed E-state index contributed by atoms with van der Waals surface area (Å²) in [6.07, 6.45) is 4.87. The van der Waals surface area contributed by atoms with Crippen LogP contribution in [0, 0.1) is 22.5 Å². The fraction of sp³-hybridized carbons (Fsp3) is 0.571. The number of benzene rings is 1. The fourth-order valence-corrected chi connectivity index (χ4v) is 2.45. The van der Waals surface area contributed by atoms with Crippen LogP contribution >= 0.6 is 0 Å². The molecule has 0 amide bonds. The van der Waals surface area contributed by atoms with Crippen LogP contribution in [0.15, 0.2) is 18.2 Å². The predicted octanol–water partition coefficient (Wildman–Crippen LogP) is 3.90. The molecule has 4 nitrogen and oxygen atoms in total. The quantitative estimate of drug-likeness (QED) is 0.613. The van der Waals surface area contributed by atoms with Gasteiger partial charge in [-0.1, -0.05) is 19.4 Å². The molecule has 1 aromatic carbocycles. The van der Waals surface area contributed by atoms with Crippen molar-refractivity contribution in [3.8, 4) is 0 Å². The molecular formula is C14H20N2O2. The van der Waals surface area contributed by atoms with Crippen LogP contribution < -0.4 is 5.32 Å². The smallest absolute Gasteiger partial charge is 0.292 e. The van der Waals surface area contributed by atoms with E-state index in [0.29, 0.717) is 11.1 Å². The standard InChI is InChI=1S/C14H20N2O2/c1-3-6-14(7-8-14)10-15-12-5-4-11(2)9-13(12)16(17)18/h4-5,9,15H,3,6-8,10H2,1-2H3. The highest BCUT2D eigenvalue weighted by Gasteiger charge is 2.41. The molecule has 1 N–H and O–H groups in total. The number of nitrogens with zero attached hydrogens (tertiary/aromatic N) is 1. The molecular weight excluding hydrogens is 228 g/mol. The monoisotopic (exact) mass is 248 g/mol. The SMILES string of the molecule is CCCC1(CNc2ccc(C)cc2[N+](=O)[O-])CC1. The van der Waals surface area contributed by atoms with Crippen LogP contribution in [-0.2, 0) is 0 Å². The van der Waals surface area contributed by atoms with Crippen LogP contribution in [0.3, 0.4) is 0 Å². The topological polar surface area (TPSA) is 55.2 Å². The Hall–Kier alpha value is -1.58. The van der Waals surface area contributed by atoms with Gasteiger partial charge in [-0.05, 0) is 43.2 Å². The molecule has 1 aliphatic carbocycles. The summed E-state index contributed by atoms with van der Waals surface area (Å²) in [6, 6.07) is 5.35. The molecule has 1 saturated carbocycles. The fourth-order valence-electron chi connectivity index (χ4n) is 2.45. The van der Waals surface area contributed by atoms with Gasteiger partial charge in [0.15, 0.2) is 0 Å². The van der Waals surface area contributed by atoms with Crippen molar-refractivity contribution in [2.75, 3.05) is 11.9 Å². The Balaban J connectivity index is 2.07. The molecule has 0 bridgehead atoms. The lowest BCUT2D eigenvalue weighted by atomic mass is 10.0. The van der Waals surface area contributed by atoms with E-state index in [1.807, 2.05) is 19.1 Å². The third-order valence-corrected chi connectivity index (χ3v) is 3.74. The van der Waals surface area contributed by atoms with E-state index >= 15 is 0 Å². The zero-order valence-electron chi connectivity index (χ0n) is 11.0. The molecule has 0 aliphatic heterocycles. The molecule has 1 aromatic rings. The zero-order chi connectivity index (χ0) is 13.2. The van der Waals surface area contributed by atoms with Crippen molar-refractivity contribution < 1.29 is 4.92 Å². The summed E-state index contributed by atoms with van der Waals surface area (Å²) in [5, 5.41) is 14.3. The van der Waals surface area contributed by atoms with Gasteiger partial charge in [0.1, 0.15) is 5.69 Å². The van der Waals surface area contributed by atoms with E-state index in [2.05, 4.69) is 12.2 Å². The van der Waals surface area contributed by atoms with Crippen LogP contribution in [0.1, 0.15) is 38.2 Å². The van der Waals surface area contributed by atoms with Gasteiger partial charge in [-0.25, -0.2) is 0 Å². The highest BCUT2D eigenvalue weighted by Crippen LogP contribution is 2.49. The lowest BCUT2D eigenvalue weighted by Gasteiger charge is -2.16. The maximum Gasteiger partial charge on any atom is 0.292 e. The van der Waals surface area contributed by atoms with Crippen LogP contribution in [0.4, 0.5) is 11.4 Å². The van der Waals surface area contributed by atoms with E-state index in [9.17, 15) is 10.1 Å². The Labute approximate surface area is 108 Å². The Morgan fingerprint density at radius 2 is 2.17 bits per heavy atom. The number of nitro groups is 1. The first-order valence-electron chi connectivity index (χ1n) is 6.55. The summed E-state index contributed by atoms with van der Waals surface area (Å²) in [4.78, 5) is 10.7. The Morgan fingerprint density at radius 1 is 1.44 bits per heavy atom. The number of rotatable bonds is 6. The number of hydrogen-bond acceptors (Lipinski definition) is 3. The highest BCUT2D eigenvalue weighted by atomic mass is 16.6. The highest BCUT2D eigenvalue weighted by molar-refractivity contribution is 5.62. The van der Waals surface area contributed by atoms with Crippen molar-refractivity contribution in [3.63, 3.8) is 0 Å². The summed E-state index contributed by atoms with van der Waals surface area (Å²) in [5.41, 5.74) is 2.14. The summed E-state index contributed by atoms with van der Waals surface area (Å²) >= 11 is 0. The molecule has 0 unspecified atom stereocenters. The third kappa shape index (κ3) is 2.81. The molecule has 0 spiro atoms. The maximum atomic E-state index is 11.0. The Kier molecular flexibility index (Phi) is 3.55. The minimum absolute atomic E-state index is 0.183. The number of nitro benzene ring substituents is 1. The van der Waals surface area contributed by atoms with Crippen LogP contribution in [0.25, 0.3) is 0 Å². The van der Waals surface area contributed by atoms with Crippen LogP contribution in [0.5, 0.6) is 0 Å². The maximum absolute atomic E-state index is 11.0. The largest absolute Gasteiger partial charge is 0.379 e. The molecule has 0 saturated heterocycles. The van der Waals surface area contributed by atoms with Gasteiger partial charge in [-0.2, -0.15) is 0 Å². The first-order chi connectivity index (χ1) is 8.56. The summed E-state index contributed by atoms with van der Waals surface area (Å²) in [7, 11) is 0. The van der Waals surface area contributed by atoms with E-state index in [4.69, 9.17) is 0 Å². The van der Waals surface area contributed by atoms with Gasteiger partial charge >= 0.3 is 0 Å². The van der Waals surface area contributed by atoms with Crippen molar-refractivity contribution in [3.05, 3.63) is 33.9 Å². The van der Waals surface area contributed by atoms with E-state index in [-0.39, 0.29) is 10.6 Å². The molecule has 0 radical (unpaired) electrons. The predicted molar refractivity (Wildman–Crippen MR) is 72.9 cm³/mol. The number of anilines is 1. The van der Waals surface area contributed by atoms with Gasteiger partial charge in [0.25, 0.3) is 5.69 Å². The summed E-state index contributed by atoms with van der Waals surface area (Å²) in [5.74, 6) is 0. The first-order valence-corrected chi connectivity index (χ1v) is 6.55. The van der Waals surface area contributed by atoms with Gasteiger partial charge < -0.3 is 5.32 Å². The van der Waals surface area contributed by atoms with E-state index in [1.165, 1.54) is 25.7 Å². The average Bonchev–Trinajstić information content (AvgIpc) is 3.08. The number of aryl methyl sites for hydroxylation is 1. The molecule has 98 valence electrons. The Morgan fingerprint density at radius 3 is 2.72 bits per heavy atom. The lowest BCUT2D eigenvalue weighted by molar-refractivity contribution is -0.384. The first kappa shape index (κ1) is 12.9. The normalized spacial score (nSPS) is 16.3. The second-order valence-electron chi connectivity index (χ2n) is 5.38. The molecule has 0 heterocycles.